The predicted octanol–water partition coefficient (Wildman–Crippen LogP) is 2.81. The number of aryl methyl sites for hydroxylation is 1. The number of hydrogen-bond donors (Lipinski definition) is 1. The number of rotatable bonds is 5. The van der Waals surface area contributed by atoms with Gasteiger partial charge in [0, 0.05) is 12.6 Å². The molecule has 24 heavy (non-hydrogen) atoms. The van der Waals surface area contributed by atoms with Crippen LogP contribution in [0.1, 0.15) is 24.1 Å². The summed E-state index contributed by atoms with van der Waals surface area (Å²) in [6, 6.07) is 5.84. The second-order valence-corrected chi connectivity index (χ2v) is 6.01. The molecule has 0 aliphatic heterocycles. The summed E-state index contributed by atoms with van der Waals surface area (Å²) in [7, 11) is 1.55. The third kappa shape index (κ3) is 2.51. The number of hydrogen-bond acceptors (Lipinski definition) is 7. The number of phenols is 1. The van der Waals surface area contributed by atoms with E-state index in [1.165, 1.54) is 6.33 Å². The smallest absolute Gasteiger partial charge is 0.263 e. The molecule has 1 aliphatic rings. The number of ether oxygens (including phenoxy) is 1. The maximum atomic E-state index is 9.78. The van der Waals surface area contributed by atoms with Crippen LogP contribution in [0.3, 0.4) is 0 Å². The zero-order valence-electron chi connectivity index (χ0n) is 13.6. The van der Waals surface area contributed by atoms with E-state index in [9.17, 15) is 5.11 Å². The van der Waals surface area contributed by atoms with Gasteiger partial charge in [0.25, 0.3) is 5.71 Å². The van der Waals surface area contributed by atoms with Gasteiger partial charge in [-0.2, -0.15) is 4.98 Å². The van der Waals surface area contributed by atoms with E-state index in [-0.39, 0.29) is 5.75 Å². The summed E-state index contributed by atoms with van der Waals surface area (Å²) in [4.78, 5) is 10.9. The van der Waals surface area contributed by atoms with Gasteiger partial charge in [-0.3, -0.25) is 0 Å². The number of anilines is 1. The van der Waals surface area contributed by atoms with Gasteiger partial charge in [0.2, 0.25) is 0 Å². The van der Waals surface area contributed by atoms with Crippen LogP contribution in [0.4, 0.5) is 5.82 Å². The van der Waals surface area contributed by atoms with Crippen molar-refractivity contribution < 1.29 is 14.4 Å². The van der Waals surface area contributed by atoms with E-state index < -0.39 is 0 Å². The zero-order valence-corrected chi connectivity index (χ0v) is 13.6. The summed E-state index contributed by atoms with van der Waals surface area (Å²) in [6.07, 6.45) is 3.77. The van der Waals surface area contributed by atoms with Crippen molar-refractivity contribution in [1.82, 2.24) is 15.1 Å². The van der Waals surface area contributed by atoms with Crippen molar-refractivity contribution in [2.45, 2.75) is 32.4 Å². The molecule has 1 aliphatic carbocycles. The molecular formula is C17H18N4O3. The monoisotopic (exact) mass is 326 g/mol. The fourth-order valence-corrected chi connectivity index (χ4v) is 2.90. The quantitative estimate of drug-likeness (QED) is 0.771. The van der Waals surface area contributed by atoms with Crippen LogP contribution in [0.5, 0.6) is 11.5 Å². The molecule has 7 nitrogen and oxygen atoms in total. The Morgan fingerprint density at radius 1 is 1.33 bits per heavy atom. The highest BCUT2D eigenvalue weighted by atomic mass is 16.5. The molecule has 1 fully saturated rings. The van der Waals surface area contributed by atoms with Crippen molar-refractivity contribution in [3.63, 3.8) is 0 Å². The van der Waals surface area contributed by atoms with Crippen LogP contribution in [0, 0.1) is 6.92 Å². The minimum absolute atomic E-state index is 0.138. The van der Waals surface area contributed by atoms with E-state index in [0.29, 0.717) is 24.0 Å². The van der Waals surface area contributed by atoms with E-state index in [2.05, 4.69) is 20.0 Å². The second kappa shape index (κ2) is 5.67. The number of phenolic OH excluding ortho intramolecular Hbond substituents is 1. The predicted molar refractivity (Wildman–Crippen MR) is 88.2 cm³/mol. The summed E-state index contributed by atoms with van der Waals surface area (Å²) in [5.74, 6) is 1.45. The van der Waals surface area contributed by atoms with Gasteiger partial charge in [-0.25, -0.2) is 4.98 Å². The van der Waals surface area contributed by atoms with Crippen molar-refractivity contribution in [3.8, 4) is 11.5 Å². The number of fused-ring (bicyclic) bond motifs is 1. The summed E-state index contributed by atoms with van der Waals surface area (Å²) in [5, 5.41) is 14.6. The molecule has 7 heteroatoms. The van der Waals surface area contributed by atoms with E-state index >= 15 is 0 Å². The van der Waals surface area contributed by atoms with Gasteiger partial charge in [-0.15, -0.1) is 0 Å². The van der Waals surface area contributed by atoms with Crippen LogP contribution in [0.15, 0.2) is 29.0 Å². The lowest BCUT2D eigenvalue weighted by Gasteiger charge is -2.24. The molecule has 1 N–H and O–H groups in total. The molecule has 124 valence electrons. The third-order valence-corrected chi connectivity index (χ3v) is 4.28. The highest BCUT2D eigenvalue weighted by Gasteiger charge is 2.32. The van der Waals surface area contributed by atoms with E-state index in [1.807, 2.05) is 19.1 Å². The lowest BCUT2D eigenvalue weighted by molar-refractivity contribution is 0.373. The Bertz CT molecular complexity index is 889. The number of nitrogens with zero attached hydrogens (tertiary/aromatic N) is 4. The van der Waals surface area contributed by atoms with Crippen molar-refractivity contribution in [1.29, 1.82) is 0 Å². The first-order valence-corrected chi connectivity index (χ1v) is 7.87. The molecule has 0 radical (unpaired) electrons. The molecule has 0 amide bonds. The summed E-state index contributed by atoms with van der Waals surface area (Å²) >= 11 is 0. The fourth-order valence-electron chi connectivity index (χ4n) is 2.90. The Morgan fingerprint density at radius 2 is 2.17 bits per heavy atom. The first-order chi connectivity index (χ1) is 11.7. The standard InChI is InChI=1S/C17H18N4O3/c1-10-15-16(18-9-19-17(15)24-20-10)21(12-4-5-12)8-11-3-6-13(22)14(7-11)23-2/h3,6-7,9,12,22H,4-5,8H2,1-2H3. The summed E-state index contributed by atoms with van der Waals surface area (Å²) < 4.78 is 10.5. The van der Waals surface area contributed by atoms with Gasteiger partial charge >= 0.3 is 0 Å². The number of aromatic nitrogens is 3. The molecule has 0 saturated heterocycles. The van der Waals surface area contributed by atoms with E-state index in [4.69, 9.17) is 9.26 Å². The molecule has 2 heterocycles. The van der Waals surface area contributed by atoms with Gasteiger partial charge in [-0.05, 0) is 37.5 Å². The first-order valence-electron chi connectivity index (χ1n) is 7.87. The largest absolute Gasteiger partial charge is 0.504 e. The maximum Gasteiger partial charge on any atom is 0.263 e. The lowest BCUT2D eigenvalue weighted by Crippen LogP contribution is -2.26. The normalized spacial score (nSPS) is 14.1. The average Bonchev–Trinajstić information content (AvgIpc) is 3.37. The summed E-state index contributed by atoms with van der Waals surface area (Å²) in [6.45, 7) is 2.56. The molecular weight excluding hydrogens is 308 g/mol. The molecule has 0 atom stereocenters. The molecule has 1 aromatic carbocycles. The highest BCUT2D eigenvalue weighted by Crippen LogP contribution is 2.37. The SMILES string of the molecule is COc1cc(CN(c2ncnc3onc(C)c23)C2CC2)ccc1O. The fraction of sp³-hybridized carbons (Fsp3) is 0.353. The second-order valence-electron chi connectivity index (χ2n) is 6.01. The third-order valence-electron chi connectivity index (χ3n) is 4.28. The molecule has 1 saturated carbocycles. The molecule has 0 spiro atoms. The van der Waals surface area contributed by atoms with Gasteiger partial charge < -0.3 is 19.3 Å². The first kappa shape index (κ1) is 14.7. The lowest BCUT2D eigenvalue weighted by atomic mass is 10.1. The highest BCUT2D eigenvalue weighted by molar-refractivity contribution is 5.88. The molecule has 0 bridgehead atoms. The van der Waals surface area contributed by atoms with Gasteiger partial charge in [0.05, 0.1) is 12.8 Å². The Hall–Kier alpha value is -2.83. The Balaban J connectivity index is 1.74. The number of aromatic hydroxyl groups is 1. The zero-order chi connectivity index (χ0) is 16.7. The Kier molecular flexibility index (Phi) is 3.48. The number of benzene rings is 1. The average molecular weight is 326 g/mol. The maximum absolute atomic E-state index is 9.78. The Morgan fingerprint density at radius 3 is 2.92 bits per heavy atom. The van der Waals surface area contributed by atoms with Crippen LogP contribution >= 0.6 is 0 Å². The van der Waals surface area contributed by atoms with Crippen LogP contribution in [-0.4, -0.2) is 33.4 Å². The molecule has 3 aromatic rings. The van der Waals surface area contributed by atoms with Crippen molar-refractivity contribution in [2.75, 3.05) is 12.0 Å². The molecule has 4 rings (SSSR count). The van der Waals surface area contributed by atoms with Crippen LogP contribution < -0.4 is 9.64 Å². The van der Waals surface area contributed by atoms with Crippen molar-refractivity contribution >= 4 is 16.9 Å². The van der Waals surface area contributed by atoms with Crippen molar-refractivity contribution in [2.24, 2.45) is 0 Å². The Labute approximate surface area is 138 Å². The number of methoxy groups -OCH3 is 1. The minimum Gasteiger partial charge on any atom is -0.504 e. The van der Waals surface area contributed by atoms with Gasteiger partial charge in [0.1, 0.15) is 17.5 Å². The minimum atomic E-state index is 0.138. The van der Waals surface area contributed by atoms with Crippen LogP contribution in [0.2, 0.25) is 0 Å². The van der Waals surface area contributed by atoms with Crippen LogP contribution in [-0.2, 0) is 6.54 Å². The van der Waals surface area contributed by atoms with E-state index in [0.717, 1.165) is 35.3 Å². The van der Waals surface area contributed by atoms with Gasteiger partial charge in [-0.1, -0.05) is 11.2 Å². The van der Waals surface area contributed by atoms with Gasteiger partial charge in [0.15, 0.2) is 11.5 Å². The van der Waals surface area contributed by atoms with Crippen LogP contribution in [0.25, 0.3) is 11.1 Å². The topological polar surface area (TPSA) is 84.5 Å². The van der Waals surface area contributed by atoms with E-state index in [1.54, 1.807) is 13.2 Å². The molecule has 0 unspecified atom stereocenters. The molecule has 2 aromatic heterocycles. The summed E-state index contributed by atoms with van der Waals surface area (Å²) in [5.41, 5.74) is 2.33. The van der Waals surface area contributed by atoms with Crippen molar-refractivity contribution in [3.05, 3.63) is 35.8 Å².